The van der Waals surface area contributed by atoms with Crippen LogP contribution in [0.4, 0.5) is 0 Å². The molecule has 0 aromatic heterocycles. The minimum atomic E-state index is 0.0235. The van der Waals surface area contributed by atoms with Gasteiger partial charge in [-0.15, -0.1) is 0 Å². The fraction of sp³-hybridized carbons (Fsp3) is 0. The van der Waals surface area contributed by atoms with Crippen molar-refractivity contribution in [1.29, 1.82) is 0 Å². The van der Waals surface area contributed by atoms with Crippen LogP contribution in [-0.2, 0) is 0 Å². The SMILES string of the molecule is Oc1ccc(/C=C/c2cc(O)cc(O)c2)cc1.Oc1ccc(C=Cc2cc(O)cc(O)c2)cc1. The smallest absolute Gasteiger partial charge is 0.119 e. The van der Waals surface area contributed by atoms with Crippen molar-refractivity contribution in [3.05, 3.63) is 107 Å². The maximum absolute atomic E-state index is 9.30. The summed E-state index contributed by atoms with van der Waals surface area (Å²) < 4.78 is 0. The van der Waals surface area contributed by atoms with Gasteiger partial charge in [-0.05, 0) is 70.8 Å². The second kappa shape index (κ2) is 11.2. The fourth-order valence-electron chi connectivity index (χ4n) is 2.98. The third-order valence-electron chi connectivity index (χ3n) is 4.57. The van der Waals surface area contributed by atoms with Crippen LogP contribution in [0.5, 0.6) is 34.5 Å². The highest BCUT2D eigenvalue weighted by molar-refractivity contribution is 5.72. The van der Waals surface area contributed by atoms with Gasteiger partial charge in [0.25, 0.3) is 0 Å². The molecule has 0 aliphatic rings. The number of aromatic hydroxyl groups is 6. The Labute approximate surface area is 196 Å². The van der Waals surface area contributed by atoms with Crippen LogP contribution >= 0.6 is 0 Å². The van der Waals surface area contributed by atoms with E-state index in [1.807, 2.05) is 12.2 Å². The fourth-order valence-corrected chi connectivity index (χ4v) is 2.98. The van der Waals surface area contributed by atoms with Crippen LogP contribution in [-0.4, -0.2) is 30.6 Å². The van der Waals surface area contributed by atoms with E-state index in [1.54, 1.807) is 84.9 Å². The summed E-state index contributed by atoms with van der Waals surface area (Å²) in [6, 6.07) is 22.2. The first-order chi connectivity index (χ1) is 16.3. The number of phenolic OH excluding ortho intramolecular Hbond substituents is 6. The molecule has 6 nitrogen and oxygen atoms in total. The lowest BCUT2D eigenvalue weighted by Gasteiger charge is -1.98. The Kier molecular flexibility index (Phi) is 7.81. The first-order valence-corrected chi connectivity index (χ1v) is 10.3. The first kappa shape index (κ1) is 23.8. The molecule has 0 amide bonds. The number of hydrogen-bond acceptors (Lipinski definition) is 6. The molecule has 34 heavy (non-hydrogen) atoms. The summed E-state index contributed by atoms with van der Waals surface area (Å²) in [4.78, 5) is 0. The van der Waals surface area contributed by atoms with E-state index in [1.165, 1.54) is 12.1 Å². The lowest BCUT2D eigenvalue weighted by atomic mass is 10.1. The van der Waals surface area contributed by atoms with Crippen molar-refractivity contribution in [3.63, 3.8) is 0 Å². The molecule has 0 aliphatic carbocycles. The Morgan fingerprint density at radius 2 is 0.559 bits per heavy atom. The minimum absolute atomic E-state index is 0.0235. The third-order valence-corrected chi connectivity index (χ3v) is 4.57. The third kappa shape index (κ3) is 7.69. The molecule has 0 radical (unpaired) electrons. The normalized spacial score (nSPS) is 10.8. The summed E-state index contributed by atoms with van der Waals surface area (Å²) in [5.41, 5.74) is 3.25. The molecule has 0 bridgehead atoms. The molecule has 0 fully saturated rings. The number of hydrogen-bond donors (Lipinski definition) is 6. The molecule has 6 heteroatoms. The van der Waals surface area contributed by atoms with Crippen LogP contribution in [0.2, 0.25) is 0 Å². The van der Waals surface area contributed by atoms with Crippen LogP contribution in [0.15, 0.2) is 84.9 Å². The van der Waals surface area contributed by atoms with Crippen LogP contribution < -0.4 is 0 Å². The van der Waals surface area contributed by atoms with Gasteiger partial charge in [-0.2, -0.15) is 0 Å². The van der Waals surface area contributed by atoms with Crippen molar-refractivity contribution < 1.29 is 30.6 Å². The minimum Gasteiger partial charge on any atom is -0.508 e. The van der Waals surface area contributed by atoms with Crippen molar-refractivity contribution in [2.45, 2.75) is 0 Å². The Morgan fingerprint density at radius 3 is 0.853 bits per heavy atom. The average Bonchev–Trinajstić information content (AvgIpc) is 2.78. The first-order valence-electron chi connectivity index (χ1n) is 10.3. The van der Waals surface area contributed by atoms with Gasteiger partial charge in [0.1, 0.15) is 34.5 Å². The van der Waals surface area contributed by atoms with E-state index < -0.39 is 0 Å². The lowest BCUT2D eigenvalue weighted by molar-refractivity contribution is 0.449. The van der Waals surface area contributed by atoms with Crippen LogP contribution in [0, 0.1) is 0 Å². The zero-order chi connectivity index (χ0) is 24.5. The van der Waals surface area contributed by atoms with Crippen molar-refractivity contribution in [1.82, 2.24) is 0 Å². The van der Waals surface area contributed by atoms with Crippen LogP contribution in [0.25, 0.3) is 24.3 Å². The predicted molar refractivity (Wildman–Crippen MR) is 134 cm³/mol. The molecule has 172 valence electrons. The number of phenols is 6. The molecule has 0 unspecified atom stereocenters. The van der Waals surface area contributed by atoms with Gasteiger partial charge in [-0.25, -0.2) is 0 Å². The van der Waals surface area contributed by atoms with E-state index >= 15 is 0 Å². The van der Waals surface area contributed by atoms with Crippen molar-refractivity contribution in [3.8, 4) is 34.5 Å². The maximum atomic E-state index is 9.30. The lowest BCUT2D eigenvalue weighted by Crippen LogP contribution is -1.74. The van der Waals surface area contributed by atoms with Gasteiger partial charge < -0.3 is 30.6 Å². The summed E-state index contributed by atoms with van der Waals surface area (Å²) in [6.45, 7) is 0. The zero-order valence-corrected chi connectivity index (χ0v) is 18.1. The van der Waals surface area contributed by atoms with Gasteiger partial charge >= 0.3 is 0 Å². The zero-order valence-electron chi connectivity index (χ0n) is 18.1. The highest BCUT2D eigenvalue weighted by atomic mass is 16.3. The van der Waals surface area contributed by atoms with Crippen LogP contribution in [0.3, 0.4) is 0 Å². The predicted octanol–water partition coefficient (Wildman–Crippen LogP) is 5.95. The van der Waals surface area contributed by atoms with E-state index in [2.05, 4.69) is 0 Å². The molecule has 0 spiro atoms. The van der Waals surface area contributed by atoms with Crippen LogP contribution in [0.1, 0.15) is 22.3 Å². The Hall–Kier alpha value is -4.84. The van der Waals surface area contributed by atoms with E-state index in [9.17, 15) is 20.4 Å². The molecule has 4 rings (SSSR count). The topological polar surface area (TPSA) is 121 Å². The van der Waals surface area contributed by atoms with Gasteiger partial charge in [-0.3, -0.25) is 0 Å². The second-order valence-electron chi connectivity index (χ2n) is 7.42. The Bertz CT molecular complexity index is 1150. The molecular weight excluding hydrogens is 432 g/mol. The standard InChI is InChI=1S/2C14H12O3/c2*15-12-5-3-10(4-6-12)1-2-11-7-13(16)9-14(17)8-11/h2*1-9,15-17H/b2-1+;. The largest absolute Gasteiger partial charge is 0.508 e. The van der Waals surface area contributed by atoms with E-state index in [0.717, 1.165) is 11.1 Å². The maximum Gasteiger partial charge on any atom is 0.119 e. The number of benzene rings is 4. The molecular formula is C28H24O6. The van der Waals surface area contributed by atoms with E-state index in [0.29, 0.717) is 11.1 Å². The van der Waals surface area contributed by atoms with Crippen molar-refractivity contribution >= 4 is 24.3 Å². The van der Waals surface area contributed by atoms with Crippen molar-refractivity contribution in [2.24, 2.45) is 0 Å². The number of rotatable bonds is 4. The van der Waals surface area contributed by atoms with Gasteiger partial charge in [0.15, 0.2) is 0 Å². The summed E-state index contributed by atoms with van der Waals surface area (Å²) >= 11 is 0. The molecule has 0 saturated heterocycles. The Morgan fingerprint density at radius 1 is 0.294 bits per heavy atom. The summed E-state index contributed by atoms with van der Waals surface area (Å²) in [5.74, 6) is 0.533. The Balaban J connectivity index is 0.000000191. The molecule has 4 aromatic carbocycles. The highest BCUT2D eigenvalue weighted by Crippen LogP contribution is 2.23. The molecule has 0 atom stereocenters. The quantitative estimate of drug-likeness (QED) is 0.211. The highest BCUT2D eigenvalue weighted by Gasteiger charge is 1.97. The van der Waals surface area contributed by atoms with Gasteiger partial charge in [0.2, 0.25) is 0 Å². The molecule has 4 aromatic rings. The van der Waals surface area contributed by atoms with E-state index in [4.69, 9.17) is 10.2 Å². The van der Waals surface area contributed by atoms with Gasteiger partial charge in [-0.1, -0.05) is 48.6 Å². The molecule has 0 saturated carbocycles. The monoisotopic (exact) mass is 456 g/mol. The van der Waals surface area contributed by atoms with E-state index in [-0.39, 0.29) is 34.5 Å². The van der Waals surface area contributed by atoms with Crippen molar-refractivity contribution in [2.75, 3.05) is 0 Å². The summed E-state index contributed by atoms with van der Waals surface area (Å²) in [5, 5.41) is 55.5. The molecule has 0 heterocycles. The van der Waals surface area contributed by atoms with Gasteiger partial charge in [0, 0.05) is 12.1 Å². The second-order valence-corrected chi connectivity index (χ2v) is 7.42. The summed E-state index contributed by atoms with van der Waals surface area (Å²) in [7, 11) is 0. The average molecular weight is 456 g/mol. The van der Waals surface area contributed by atoms with Gasteiger partial charge in [0.05, 0.1) is 0 Å². The molecule has 0 aliphatic heterocycles. The molecule has 6 N–H and O–H groups in total. The summed E-state index contributed by atoms with van der Waals surface area (Å²) in [6.07, 6.45) is 7.19.